The summed E-state index contributed by atoms with van der Waals surface area (Å²) >= 11 is 0. The SMILES string of the molecule is CCCCCCCCCCCC(CCCC)CCCO[Si](C)C. The van der Waals surface area contributed by atoms with Crippen LogP contribution >= 0.6 is 0 Å². The van der Waals surface area contributed by atoms with Gasteiger partial charge in [0.05, 0.1) is 0 Å². The molecule has 2 heteroatoms. The summed E-state index contributed by atoms with van der Waals surface area (Å²) in [6, 6.07) is 0. The average Bonchev–Trinajstić information content (AvgIpc) is 2.53. The lowest BCUT2D eigenvalue weighted by atomic mass is 9.91. The second-order valence-corrected chi connectivity index (χ2v) is 9.63. The van der Waals surface area contributed by atoms with Gasteiger partial charge in [0, 0.05) is 6.61 Å². The van der Waals surface area contributed by atoms with Crippen molar-refractivity contribution in [3.63, 3.8) is 0 Å². The van der Waals surface area contributed by atoms with Gasteiger partial charge in [0.2, 0.25) is 9.04 Å². The summed E-state index contributed by atoms with van der Waals surface area (Å²) in [6.45, 7) is 10.1. The Morgan fingerprint density at radius 2 is 1.09 bits per heavy atom. The van der Waals surface area contributed by atoms with E-state index in [9.17, 15) is 0 Å². The highest BCUT2D eigenvalue weighted by Gasteiger charge is 2.08. The van der Waals surface area contributed by atoms with Crippen molar-refractivity contribution < 1.29 is 4.43 Å². The first-order valence-electron chi connectivity index (χ1n) is 10.6. The Labute approximate surface area is 149 Å². The van der Waals surface area contributed by atoms with E-state index in [1.165, 1.54) is 96.3 Å². The molecule has 139 valence electrons. The molecule has 0 heterocycles. The van der Waals surface area contributed by atoms with Gasteiger partial charge in [0.25, 0.3) is 0 Å². The fraction of sp³-hybridized carbons (Fsp3) is 1.00. The van der Waals surface area contributed by atoms with Gasteiger partial charge in [-0.15, -0.1) is 0 Å². The van der Waals surface area contributed by atoms with Gasteiger partial charge in [0.15, 0.2) is 0 Å². The molecule has 23 heavy (non-hydrogen) atoms. The molecule has 0 aliphatic heterocycles. The van der Waals surface area contributed by atoms with Gasteiger partial charge >= 0.3 is 0 Å². The van der Waals surface area contributed by atoms with Gasteiger partial charge in [-0.2, -0.15) is 0 Å². The number of hydrogen-bond donors (Lipinski definition) is 0. The van der Waals surface area contributed by atoms with E-state index in [0.717, 1.165) is 12.5 Å². The molecule has 0 aliphatic carbocycles. The molecule has 0 aliphatic rings. The third-order valence-electron chi connectivity index (χ3n) is 4.83. The van der Waals surface area contributed by atoms with E-state index in [1.54, 1.807) is 0 Å². The van der Waals surface area contributed by atoms with E-state index in [1.807, 2.05) is 0 Å². The van der Waals surface area contributed by atoms with Crippen LogP contribution in [0.3, 0.4) is 0 Å². The minimum Gasteiger partial charge on any atom is -0.417 e. The molecule has 1 unspecified atom stereocenters. The summed E-state index contributed by atoms with van der Waals surface area (Å²) in [4.78, 5) is 0. The number of rotatable bonds is 18. The maximum absolute atomic E-state index is 5.80. The molecule has 1 atom stereocenters. The van der Waals surface area contributed by atoms with Gasteiger partial charge in [-0.05, 0) is 31.9 Å². The normalized spacial score (nSPS) is 12.9. The van der Waals surface area contributed by atoms with Crippen molar-refractivity contribution in [2.45, 2.75) is 123 Å². The predicted molar refractivity (Wildman–Crippen MR) is 108 cm³/mol. The molecule has 0 saturated heterocycles. The Bertz CT molecular complexity index is 218. The topological polar surface area (TPSA) is 9.23 Å². The van der Waals surface area contributed by atoms with Gasteiger partial charge in [-0.1, -0.05) is 97.3 Å². The molecule has 0 spiro atoms. The average molecular weight is 342 g/mol. The van der Waals surface area contributed by atoms with Crippen LogP contribution in [0.4, 0.5) is 0 Å². The first kappa shape index (κ1) is 23.2. The van der Waals surface area contributed by atoms with Crippen molar-refractivity contribution in [1.29, 1.82) is 0 Å². The molecule has 0 amide bonds. The summed E-state index contributed by atoms with van der Waals surface area (Å²) in [5.74, 6) is 0.965. The fourth-order valence-corrected chi connectivity index (χ4v) is 3.87. The Morgan fingerprint density at radius 1 is 0.609 bits per heavy atom. The van der Waals surface area contributed by atoms with Gasteiger partial charge in [0.1, 0.15) is 0 Å². The summed E-state index contributed by atoms with van der Waals surface area (Å²) in [5.41, 5.74) is 0. The minimum absolute atomic E-state index is 0.484. The fourth-order valence-electron chi connectivity index (χ4n) is 3.32. The highest BCUT2D eigenvalue weighted by molar-refractivity contribution is 6.48. The van der Waals surface area contributed by atoms with Crippen molar-refractivity contribution in [2.75, 3.05) is 6.61 Å². The Kier molecular flexibility index (Phi) is 18.7. The van der Waals surface area contributed by atoms with Crippen LogP contribution in [-0.4, -0.2) is 15.6 Å². The van der Waals surface area contributed by atoms with Gasteiger partial charge in [-0.25, -0.2) is 0 Å². The summed E-state index contributed by atoms with van der Waals surface area (Å²) in [6.07, 6.45) is 21.4. The van der Waals surface area contributed by atoms with Crippen molar-refractivity contribution in [1.82, 2.24) is 0 Å². The molecule has 0 fully saturated rings. The summed E-state index contributed by atoms with van der Waals surface area (Å²) in [5, 5.41) is 0. The maximum atomic E-state index is 5.80. The zero-order valence-corrected chi connectivity index (χ0v) is 17.8. The van der Waals surface area contributed by atoms with E-state index in [2.05, 4.69) is 26.9 Å². The summed E-state index contributed by atoms with van der Waals surface area (Å²) < 4.78 is 5.80. The molecule has 0 aromatic rings. The van der Waals surface area contributed by atoms with Crippen molar-refractivity contribution in [3.8, 4) is 0 Å². The number of unbranched alkanes of at least 4 members (excludes halogenated alkanes) is 9. The van der Waals surface area contributed by atoms with Crippen molar-refractivity contribution >= 4 is 9.04 Å². The maximum Gasteiger partial charge on any atom is 0.204 e. The van der Waals surface area contributed by atoms with E-state index < -0.39 is 9.04 Å². The van der Waals surface area contributed by atoms with Crippen LogP contribution in [0.2, 0.25) is 13.1 Å². The lowest BCUT2D eigenvalue weighted by Crippen LogP contribution is -2.10. The monoisotopic (exact) mass is 341 g/mol. The Morgan fingerprint density at radius 3 is 1.65 bits per heavy atom. The zero-order chi connectivity index (χ0) is 17.2. The third kappa shape index (κ3) is 18.4. The van der Waals surface area contributed by atoms with Gasteiger partial charge in [-0.3, -0.25) is 0 Å². The van der Waals surface area contributed by atoms with Crippen molar-refractivity contribution in [2.24, 2.45) is 5.92 Å². The van der Waals surface area contributed by atoms with E-state index in [-0.39, 0.29) is 0 Å². The standard InChI is InChI=1S/C21H45OSi/c1-5-7-9-10-11-12-13-14-15-18-21(17-8-6-2)19-16-20-22-23(3)4/h21H,5-20H2,1-4H3. The van der Waals surface area contributed by atoms with Crippen molar-refractivity contribution in [3.05, 3.63) is 0 Å². The van der Waals surface area contributed by atoms with E-state index in [4.69, 9.17) is 4.43 Å². The molecule has 1 radical (unpaired) electrons. The van der Waals surface area contributed by atoms with Gasteiger partial charge < -0.3 is 4.43 Å². The zero-order valence-electron chi connectivity index (χ0n) is 16.8. The summed E-state index contributed by atoms with van der Waals surface area (Å²) in [7, 11) is -0.484. The molecule has 0 aromatic carbocycles. The van der Waals surface area contributed by atoms with Crippen LogP contribution in [0.15, 0.2) is 0 Å². The first-order valence-corrected chi connectivity index (χ1v) is 13.0. The second-order valence-electron chi connectivity index (χ2n) is 7.52. The van der Waals surface area contributed by atoms with Crippen LogP contribution in [0.5, 0.6) is 0 Å². The van der Waals surface area contributed by atoms with Crippen LogP contribution in [0.25, 0.3) is 0 Å². The lowest BCUT2D eigenvalue weighted by Gasteiger charge is -2.17. The molecule has 0 N–H and O–H groups in total. The van der Waals surface area contributed by atoms with Crippen LogP contribution < -0.4 is 0 Å². The minimum atomic E-state index is -0.484. The molecular weight excluding hydrogens is 296 g/mol. The van der Waals surface area contributed by atoms with Crippen LogP contribution in [0, 0.1) is 5.92 Å². The molecule has 0 bridgehead atoms. The largest absolute Gasteiger partial charge is 0.417 e. The van der Waals surface area contributed by atoms with Crippen LogP contribution in [-0.2, 0) is 4.43 Å². The molecule has 1 nitrogen and oxygen atoms in total. The first-order chi connectivity index (χ1) is 11.2. The van der Waals surface area contributed by atoms with E-state index >= 15 is 0 Å². The smallest absolute Gasteiger partial charge is 0.204 e. The number of hydrogen-bond acceptors (Lipinski definition) is 1. The Hall–Kier alpha value is 0.177. The lowest BCUT2D eigenvalue weighted by molar-refractivity contribution is 0.285. The highest BCUT2D eigenvalue weighted by atomic mass is 28.3. The third-order valence-corrected chi connectivity index (χ3v) is 5.61. The second kappa shape index (κ2) is 18.5. The van der Waals surface area contributed by atoms with Crippen LogP contribution in [0.1, 0.15) is 110 Å². The molecule has 0 aromatic heterocycles. The molecular formula is C21H45OSi. The predicted octanol–water partition coefficient (Wildman–Crippen LogP) is 7.76. The molecule has 0 rings (SSSR count). The Balaban J connectivity index is 3.55. The molecule has 0 saturated carbocycles. The quantitative estimate of drug-likeness (QED) is 0.183. The highest BCUT2D eigenvalue weighted by Crippen LogP contribution is 2.22. The van der Waals surface area contributed by atoms with E-state index in [0.29, 0.717) is 0 Å².